The van der Waals surface area contributed by atoms with Gasteiger partial charge in [0.1, 0.15) is 0 Å². The van der Waals surface area contributed by atoms with Gasteiger partial charge < -0.3 is 9.84 Å². The van der Waals surface area contributed by atoms with Crippen molar-refractivity contribution in [2.24, 2.45) is 0 Å². The Morgan fingerprint density at radius 3 is 2.58 bits per heavy atom. The Morgan fingerprint density at radius 2 is 2.17 bits per heavy atom. The fourth-order valence-electron chi connectivity index (χ4n) is 1.54. The Morgan fingerprint density at radius 1 is 1.50 bits per heavy atom. The number of ether oxygens (including phenoxy) is 1. The molecule has 4 atom stereocenters. The quantitative estimate of drug-likeness (QED) is 0.635. The van der Waals surface area contributed by atoms with E-state index in [1.807, 2.05) is 6.92 Å². The van der Waals surface area contributed by atoms with E-state index >= 15 is 0 Å². The molecule has 72 valence electrons. The maximum absolute atomic E-state index is 9.60. The minimum atomic E-state index is -0.271. The summed E-state index contributed by atoms with van der Waals surface area (Å²) >= 11 is 2.30. The number of aliphatic hydroxyl groups is 1. The van der Waals surface area contributed by atoms with E-state index < -0.39 is 0 Å². The fourth-order valence-corrected chi connectivity index (χ4v) is 2.66. The molecule has 12 heavy (non-hydrogen) atoms. The van der Waals surface area contributed by atoms with Crippen molar-refractivity contribution in [1.29, 1.82) is 0 Å². The van der Waals surface area contributed by atoms with Crippen molar-refractivity contribution in [3.63, 3.8) is 0 Å². The lowest BCUT2D eigenvalue weighted by molar-refractivity contribution is 0.0189. The van der Waals surface area contributed by atoms with Crippen molar-refractivity contribution in [2.45, 2.75) is 55.3 Å². The molecule has 0 aromatic heterocycles. The molecule has 1 rings (SSSR count). The number of rotatable bonds is 3. The van der Waals surface area contributed by atoms with Crippen LogP contribution in [-0.2, 0) is 4.74 Å². The molecule has 0 spiro atoms. The van der Waals surface area contributed by atoms with Gasteiger partial charge in [0.05, 0.1) is 22.2 Å². The molecule has 1 heterocycles. The summed E-state index contributed by atoms with van der Waals surface area (Å²) < 4.78 is 5.91. The normalized spacial score (nSPS) is 42.0. The summed E-state index contributed by atoms with van der Waals surface area (Å²) in [6.07, 6.45) is 3.51. The van der Waals surface area contributed by atoms with E-state index in [0.717, 1.165) is 6.42 Å². The summed E-state index contributed by atoms with van der Waals surface area (Å²) in [5.74, 6) is 0. The largest absolute Gasteiger partial charge is 0.389 e. The topological polar surface area (TPSA) is 29.5 Å². The molecule has 0 aromatic rings. The third kappa shape index (κ3) is 2.33. The number of hydrogen-bond donors (Lipinski definition) is 1. The SMILES string of the molecule is CCCC[C@H]1O[C@@H](C)[C@@H](O)[C@@H]1I. The van der Waals surface area contributed by atoms with Crippen LogP contribution >= 0.6 is 22.6 Å². The summed E-state index contributed by atoms with van der Waals surface area (Å²) in [5.41, 5.74) is 0. The van der Waals surface area contributed by atoms with Crippen molar-refractivity contribution in [1.82, 2.24) is 0 Å². The lowest BCUT2D eigenvalue weighted by Crippen LogP contribution is -2.26. The Labute approximate surface area is 87.8 Å². The standard InChI is InChI=1S/C9H17IO2/c1-3-4-5-7-8(10)9(11)6(2)12-7/h6-9,11H,3-5H2,1-2H3/t6-,7+,8+,9+/m0/s1. The third-order valence-corrected chi connectivity index (χ3v) is 3.93. The van der Waals surface area contributed by atoms with Crippen molar-refractivity contribution in [3.05, 3.63) is 0 Å². The lowest BCUT2D eigenvalue weighted by Gasteiger charge is -2.12. The number of alkyl halides is 1. The predicted octanol–water partition coefficient (Wildman–Crippen LogP) is 2.13. The number of aliphatic hydroxyl groups excluding tert-OH is 1. The Balaban J connectivity index is 2.36. The van der Waals surface area contributed by atoms with Crippen LogP contribution in [0.2, 0.25) is 0 Å². The second-order valence-electron chi connectivity index (χ2n) is 3.46. The maximum Gasteiger partial charge on any atom is 0.0941 e. The molecule has 0 amide bonds. The van der Waals surface area contributed by atoms with Crippen LogP contribution in [-0.4, -0.2) is 27.3 Å². The lowest BCUT2D eigenvalue weighted by atomic mass is 10.1. The second kappa shape index (κ2) is 4.77. The molecule has 0 bridgehead atoms. The van der Waals surface area contributed by atoms with Gasteiger partial charge in [0.25, 0.3) is 0 Å². The Hall–Kier alpha value is 0.650. The van der Waals surface area contributed by atoms with Crippen molar-refractivity contribution >= 4 is 22.6 Å². The van der Waals surface area contributed by atoms with E-state index in [-0.39, 0.29) is 22.2 Å². The van der Waals surface area contributed by atoms with Gasteiger partial charge in [-0.25, -0.2) is 0 Å². The molecule has 1 N–H and O–H groups in total. The fraction of sp³-hybridized carbons (Fsp3) is 1.00. The number of halogens is 1. The van der Waals surface area contributed by atoms with Crippen LogP contribution in [0.25, 0.3) is 0 Å². The molecular formula is C9H17IO2. The monoisotopic (exact) mass is 284 g/mol. The van der Waals surface area contributed by atoms with E-state index in [1.54, 1.807) is 0 Å². The van der Waals surface area contributed by atoms with E-state index in [1.165, 1.54) is 12.8 Å². The van der Waals surface area contributed by atoms with E-state index in [4.69, 9.17) is 4.74 Å². The first kappa shape index (κ1) is 10.7. The van der Waals surface area contributed by atoms with Crippen LogP contribution in [0, 0.1) is 0 Å². The molecule has 0 unspecified atom stereocenters. The Kier molecular flexibility index (Phi) is 4.26. The molecule has 1 aliphatic heterocycles. The number of hydrogen-bond acceptors (Lipinski definition) is 2. The van der Waals surface area contributed by atoms with Gasteiger partial charge in [0.2, 0.25) is 0 Å². The van der Waals surface area contributed by atoms with Crippen LogP contribution < -0.4 is 0 Å². The Bertz CT molecular complexity index is 140. The molecule has 0 saturated carbocycles. The molecule has 0 radical (unpaired) electrons. The average molecular weight is 284 g/mol. The zero-order valence-corrected chi connectivity index (χ0v) is 9.82. The summed E-state index contributed by atoms with van der Waals surface area (Å²) in [7, 11) is 0. The van der Waals surface area contributed by atoms with Gasteiger partial charge in [-0.1, -0.05) is 42.4 Å². The highest BCUT2D eigenvalue weighted by Crippen LogP contribution is 2.30. The van der Waals surface area contributed by atoms with E-state index in [9.17, 15) is 5.11 Å². The number of unbranched alkanes of at least 4 members (excludes halogenated alkanes) is 1. The zero-order valence-electron chi connectivity index (χ0n) is 7.66. The summed E-state index contributed by atoms with van der Waals surface area (Å²) in [5, 5.41) is 9.60. The zero-order chi connectivity index (χ0) is 9.14. The molecular weight excluding hydrogens is 267 g/mol. The smallest absolute Gasteiger partial charge is 0.0941 e. The maximum atomic E-state index is 9.60. The van der Waals surface area contributed by atoms with Gasteiger partial charge in [0, 0.05) is 0 Å². The third-order valence-electron chi connectivity index (χ3n) is 2.39. The van der Waals surface area contributed by atoms with Crippen LogP contribution in [0.5, 0.6) is 0 Å². The van der Waals surface area contributed by atoms with Crippen molar-refractivity contribution in [2.75, 3.05) is 0 Å². The van der Waals surface area contributed by atoms with Crippen LogP contribution in [0.1, 0.15) is 33.1 Å². The predicted molar refractivity (Wildman–Crippen MR) is 57.7 cm³/mol. The summed E-state index contributed by atoms with van der Waals surface area (Å²) in [6.45, 7) is 4.12. The molecule has 1 fully saturated rings. The van der Waals surface area contributed by atoms with Crippen LogP contribution in [0.15, 0.2) is 0 Å². The first-order chi connectivity index (χ1) is 5.66. The minimum absolute atomic E-state index is 0.0220. The highest BCUT2D eigenvalue weighted by molar-refractivity contribution is 14.1. The highest BCUT2D eigenvalue weighted by Gasteiger charge is 2.38. The van der Waals surface area contributed by atoms with Crippen molar-refractivity contribution in [3.8, 4) is 0 Å². The first-order valence-electron chi connectivity index (χ1n) is 4.64. The van der Waals surface area contributed by atoms with Gasteiger partial charge in [-0.15, -0.1) is 0 Å². The minimum Gasteiger partial charge on any atom is -0.389 e. The molecule has 1 saturated heterocycles. The van der Waals surface area contributed by atoms with Gasteiger partial charge in [-0.2, -0.15) is 0 Å². The van der Waals surface area contributed by atoms with Gasteiger partial charge in [-0.3, -0.25) is 0 Å². The highest BCUT2D eigenvalue weighted by atomic mass is 127. The first-order valence-corrected chi connectivity index (χ1v) is 5.89. The molecule has 0 aromatic carbocycles. The molecule has 1 aliphatic rings. The second-order valence-corrected chi connectivity index (χ2v) is 4.90. The van der Waals surface area contributed by atoms with E-state index in [2.05, 4.69) is 29.5 Å². The molecule has 3 heteroatoms. The van der Waals surface area contributed by atoms with Crippen LogP contribution in [0.3, 0.4) is 0 Å². The molecule has 2 nitrogen and oxygen atoms in total. The summed E-state index contributed by atoms with van der Waals surface area (Å²) in [6, 6.07) is 0. The molecule has 0 aliphatic carbocycles. The average Bonchev–Trinajstić information content (AvgIpc) is 2.30. The van der Waals surface area contributed by atoms with Gasteiger partial charge in [0.15, 0.2) is 0 Å². The van der Waals surface area contributed by atoms with Crippen LogP contribution in [0.4, 0.5) is 0 Å². The van der Waals surface area contributed by atoms with Gasteiger partial charge >= 0.3 is 0 Å². The van der Waals surface area contributed by atoms with E-state index in [0.29, 0.717) is 0 Å². The van der Waals surface area contributed by atoms with Crippen molar-refractivity contribution < 1.29 is 9.84 Å². The van der Waals surface area contributed by atoms with Gasteiger partial charge in [-0.05, 0) is 13.3 Å². The summed E-state index contributed by atoms with van der Waals surface area (Å²) in [4.78, 5) is 0.